The number of nitrogens with one attached hydrogen (secondary N) is 1. The van der Waals surface area contributed by atoms with Gasteiger partial charge in [0.2, 0.25) is 5.91 Å². The molecule has 0 aliphatic heterocycles. The van der Waals surface area contributed by atoms with Gasteiger partial charge in [-0.25, -0.2) is 8.42 Å². The van der Waals surface area contributed by atoms with Gasteiger partial charge in [0.05, 0.1) is 34.7 Å². The van der Waals surface area contributed by atoms with Crippen molar-refractivity contribution in [3.05, 3.63) is 30.3 Å². The van der Waals surface area contributed by atoms with Crippen molar-refractivity contribution in [2.75, 3.05) is 6.61 Å². The fraction of sp³-hybridized carbons (Fsp3) is 0.526. The average molecular weight is 390 g/mol. The number of carbonyl (C=O) groups is 2. The quantitative estimate of drug-likeness (QED) is 0.738. The molecule has 8 heteroatoms. The molecule has 1 aromatic rings. The normalized spacial score (nSPS) is 26.0. The highest BCUT2D eigenvalue weighted by Crippen LogP contribution is 2.41. The molecule has 0 aromatic heterocycles. The molecule has 2 aliphatic rings. The first-order chi connectivity index (χ1) is 12.8. The Morgan fingerprint density at radius 2 is 1.85 bits per heavy atom. The second-order valence-electron chi connectivity index (χ2n) is 7.10. The molecule has 3 atom stereocenters. The molecule has 2 aliphatic carbocycles. The second kappa shape index (κ2) is 7.31. The lowest BCUT2D eigenvalue weighted by Crippen LogP contribution is -2.42. The molecule has 2 saturated carbocycles. The summed E-state index contributed by atoms with van der Waals surface area (Å²) in [6.07, 6.45) is 1.21. The maximum Gasteiger partial charge on any atom is 0.309 e. The molecule has 0 saturated heterocycles. The zero-order valence-corrected chi connectivity index (χ0v) is 15.9. The van der Waals surface area contributed by atoms with Crippen molar-refractivity contribution in [1.29, 1.82) is 5.26 Å². The predicted molar refractivity (Wildman–Crippen MR) is 96.0 cm³/mol. The van der Waals surface area contributed by atoms with Crippen molar-refractivity contribution in [3.63, 3.8) is 0 Å². The number of sulfone groups is 1. The highest BCUT2D eigenvalue weighted by atomic mass is 32.2. The zero-order valence-electron chi connectivity index (χ0n) is 15.1. The minimum atomic E-state index is -3.67. The van der Waals surface area contributed by atoms with E-state index in [0.29, 0.717) is 12.8 Å². The second-order valence-corrected chi connectivity index (χ2v) is 9.33. The van der Waals surface area contributed by atoms with Gasteiger partial charge in [-0.3, -0.25) is 9.59 Å². The average Bonchev–Trinajstić information content (AvgIpc) is 3.28. The molecule has 144 valence electrons. The number of rotatable bonds is 6. The lowest BCUT2D eigenvalue weighted by molar-refractivity contribution is -0.151. The molecule has 2 fully saturated rings. The van der Waals surface area contributed by atoms with E-state index in [0.717, 1.165) is 0 Å². The highest BCUT2D eigenvalue weighted by Gasteiger charge is 2.51. The van der Waals surface area contributed by atoms with E-state index >= 15 is 0 Å². The summed E-state index contributed by atoms with van der Waals surface area (Å²) < 4.78 is 31.0. The molecule has 1 amide bonds. The van der Waals surface area contributed by atoms with Crippen molar-refractivity contribution in [2.24, 2.45) is 11.8 Å². The summed E-state index contributed by atoms with van der Waals surface area (Å²) in [4.78, 5) is 25.3. The smallest absolute Gasteiger partial charge is 0.309 e. The molecule has 0 radical (unpaired) electrons. The molecule has 3 rings (SSSR count). The highest BCUT2D eigenvalue weighted by molar-refractivity contribution is 7.92. The number of nitriles is 1. The summed E-state index contributed by atoms with van der Waals surface area (Å²) in [7, 11) is -3.67. The molecule has 0 heterocycles. The lowest BCUT2D eigenvalue weighted by Gasteiger charge is -2.19. The molecular weight excluding hydrogens is 368 g/mol. The van der Waals surface area contributed by atoms with E-state index in [1.807, 2.05) is 0 Å². The predicted octanol–water partition coefficient (Wildman–Crippen LogP) is 1.59. The number of hydrogen-bond donors (Lipinski definition) is 1. The first-order valence-corrected chi connectivity index (χ1v) is 10.6. The van der Waals surface area contributed by atoms with Crippen molar-refractivity contribution in [3.8, 4) is 6.07 Å². The number of hydrogen-bond acceptors (Lipinski definition) is 6. The van der Waals surface area contributed by atoms with Crippen molar-refractivity contribution in [2.45, 2.75) is 48.3 Å². The number of benzene rings is 1. The molecule has 1 N–H and O–H groups in total. The van der Waals surface area contributed by atoms with Gasteiger partial charge >= 0.3 is 5.97 Å². The first kappa shape index (κ1) is 19.4. The Morgan fingerprint density at radius 1 is 1.22 bits per heavy atom. The van der Waals surface area contributed by atoms with Crippen LogP contribution in [-0.4, -0.2) is 37.7 Å². The van der Waals surface area contributed by atoms with E-state index in [1.54, 1.807) is 25.1 Å². The molecule has 0 unspecified atom stereocenters. The van der Waals surface area contributed by atoms with Crippen LogP contribution >= 0.6 is 0 Å². The van der Waals surface area contributed by atoms with Gasteiger partial charge in [0.25, 0.3) is 0 Å². The maximum absolute atomic E-state index is 12.9. The summed E-state index contributed by atoms with van der Waals surface area (Å²) in [5.74, 6) is -2.66. The maximum atomic E-state index is 12.9. The molecule has 7 nitrogen and oxygen atoms in total. The van der Waals surface area contributed by atoms with Crippen LogP contribution in [0.5, 0.6) is 0 Å². The number of nitrogens with zero attached hydrogens (tertiary/aromatic N) is 1. The molecule has 1 aromatic carbocycles. The molecule has 0 spiro atoms. The Balaban J connectivity index is 1.84. The zero-order chi connectivity index (χ0) is 19.7. The van der Waals surface area contributed by atoms with Gasteiger partial charge in [-0.2, -0.15) is 5.26 Å². The summed E-state index contributed by atoms with van der Waals surface area (Å²) in [5.41, 5.74) is -0.868. The first-order valence-electron chi connectivity index (χ1n) is 9.02. The minimum Gasteiger partial charge on any atom is -0.466 e. The van der Waals surface area contributed by atoms with Crippen LogP contribution in [0.15, 0.2) is 35.2 Å². The third-order valence-electron chi connectivity index (χ3n) is 5.28. The van der Waals surface area contributed by atoms with Gasteiger partial charge in [-0.05, 0) is 44.7 Å². The van der Waals surface area contributed by atoms with E-state index in [2.05, 4.69) is 11.4 Å². The van der Waals surface area contributed by atoms with E-state index in [4.69, 9.17) is 4.74 Å². The third-order valence-corrected chi connectivity index (χ3v) is 7.47. The third kappa shape index (κ3) is 3.83. The Hall–Kier alpha value is -2.40. The fourth-order valence-electron chi connectivity index (χ4n) is 3.57. The Labute approximate surface area is 158 Å². The van der Waals surface area contributed by atoms with Crippen LogP contribution in [0.1, 0.15) is 32.6 Å². The van der Waals surface area contributed by atoms with Crippen LogP contribution in [-0.2, 0) is 24.2 Å². The van der Waals surface area contributed by atoms with Crippen LogP contribution < -0.4 is 5.32 Å². The SMILES string of the molecule is CCOC(=O)[C@@H]1C[C@H](S(=O)(=O)c2ccccc2)C[C@H]1C(=O)NC1(C#N)CC1. The van der Waals surface area contributed by atoms with Gasteiger partial charge in [0, 0.05) is 0 Å². The Bertz CT molecular complexity index is 871. The summed E-state index contributed by atoms with van der Waals surface area (Å²) in [6, 6.07) is 10.1. The van der Waals surface area contributed by atoms with Crippen molar-refractivity contribution in [1.82, 2.24) is 5.32 Å². The number of amides is 1. The summed E-state index contributed by atoms with van der Waals surface area (Å²) >= 11 is 0. The van der Waals surface area contributed by atoms with Crippen LogP contribution in [0.25, 0.3) is 0 Å². The van der Waals surface area contributed by atoms with Crippen molar-refractivity contribution >= 4 is 21.7 Å². The van der Waals surface area contributed by atoms with E-state index in [1.165, 1.54) is 12.1 Å². The molecular formula is C19H22N2O5S. The minimum absolute atomic E-state index is 0.0354. The Morgan fingerprint density at radius 3 is 2.41 bits per heavy atom. The number of esters is 1. The summed E-state index contributed by atoms with van der Waals surface area (Å²) in [5, 5.41) is 11.0. The van der Waals surface area contributed by atoms with Gasteiger partial charge in [-0.1, -0.05) is 18.2 Å². The molecule has 27 heavy (non-hydrogen) atoms. The van der Waals surface area contributed by atoms with Gasteiger partial charge in [0.15, 0.2) is 9.84 Å². The molecule has 0 bridgehead atoms. The van der Waals surface area contributed by atoms with Crippen LogP contribution in [0.3, 0.4) is 0 Å². The topological polar surface area (TPSA) is 113 Å². The summed E-state index contributed by atoms with van der Waals surface area (Å²) in [6.45, 7) is 1.82. The fourth-order valence-corrected chi connectivity index (χ4v) is 5.41. The van der Waals surface area contributed by atoms with Gasteiger partial charge in [-0.15, -0.1) is 0 Å². The van der Waals surface area contributed by atoms with E-state index in [-0.39, 0.29) is 24.3 Å². The van der Waals surface area contributed by atoms with Crippen LogP contribution in [0, 0.1) is 23.2 Å². The monoisotopic (exact) mass is 390 g/mol. The lowest BCUT2D eigenvalue weighted by atomic mass is 9.95. The standard InChI is InChI=1S/C19H22N2O5S/c1-2-26-18(23)16-11-14(27(24,25)13-6-4-3-5-7-13)10-15(16)17(22)21-19(12-20)8-9-19/h3-7,14-16H,2,8-11H2,1H3,(H,21,22)/t14-,15-,16-/m1/s1. The van der Waals surface area contributed by atoms with Crippen LogP contribution in [0.4, 0.5) is 0 Å². The van der Waals surface area contributed by atoms with Crippen LogP contribution in [0.2, 0.25) is 0 Å². The van der Waals surface area contributed by atoms with Gasteiger partial charge < -0.3 is 10.1 Å². The van der Waals surface area contributed by atoms with Gasteiger partial charge in [0.1, 0.15) is 5.54 Å². The van der Waals surface area contributed by atoms with E-state index in [9.17, 15) is 23.3 Å². The largest absolute Gasteiger partial charge is 0.466 e. The number of ether oxygens (including phenoxy) is 1. The van der Waals surface area contributed by atoms with Crippen molar-refractivity contribution < 1.29 is 22.7 Å². The Kier molecular flexibility index (Phi) is 5.24. The van der Waals surface area contributed by atoms with E-state index < -0.39 is 44.3 Å². The number of carbonyl (C=O) groups excluding carboxylic acids is 2.